The van der Waals surface area contributed by atoms with Crippen molar-refractivity contribution in [3.63, 3.8) is 0 Å². The van der Waals surface area contributed by atoms with Crippen LogP contribution in [-0.4, -0.2) is 42.8 Å². The van der Waals surface area contributed by atoms with Crippen LogP contribution in [0.2, 0.25) is 0 Å². The van der Waals surface area contributed by atoms with Crippen molar-refractivity contribution in [2.75, 3.05) is 27.4 Å². The Morgan fingerprint density at radius 2 is 1.63 bits per heavy atom. The number of benzene rings is 3. The van der Waals surface area contributed by atoms with E-state index >= 15 is 0 Å². The molecular weight excluding hydrogens is 538 g/mol. The molecule has 1 aromatic heterocycles. The molecule has 0 radical (unpaired) electrons. The average molecular weight is 586 g/mol. The fraction of sp³-hybridized carbons (Fsp3) is 0.444. The highest BCUT2D eigenvalue weighted by Gasteiger charge is 2.14. The van der Waals surface area contributed by atoms with Gasteiger partial charge in [-0.2, -0.15) is 0 Å². The van der Waals surface area contributed by atoms with E-state index in [9.17, 15) is 4.79 Å². The number of amides is 1. The SMILES string of the molecule is COc1ccc(CC(=O)NCCCCCc2nc3ccccc3n2CCCCOc2ccc(C(C)(C)C)cc2)cc1OC. The van der Waals surface area contributed by atoms with Crippen molar-refractivity contribution in [3.05, 3.63) is 83.7 Å². The summed E-state index contributed by atoms with van der Waals surface area (Å²) in [5, 5.41) is 3.05. The van der Waals surface area contributed by atoms with Crippen molar-refractivity contribution >= 4 is 16.9 Å². The third-order valence-corrected chi connectivity index (χ3v) is 7.71. The van der Waals surface area contributed by atoms with E-state index in [-0.39, 0.29) is 11.3 Å². The second kappa shape index (κ2) is 15.5. The molecule has 0 saturated carbocycles. The summed E-state index contributed by atoms with van der Waals surface area (Å²) in [5.74, 6) is 3.37. The number of ether oxygens (including phenoxy) is 3. The summed E-state index contributed by atoms with van der Waals surface area (Å²) in [5.41, 5.74) is 4.60. The van der Waals surface area contributed by atoms with Crippen molar-refractivity contribution in [2.45, 2.75) is 77.7 Å². The maximum absolute atomic E-state index is 12.4. The molecule has 43 heavy (non-hydrogen) atoms. The molecule has 0 atom stereocenters. The van der Waals surface area contributed by atoms with Crippen LogP contribution in [0.4, 0.5) is 0 Å². The third-order valence-electron chi connectivity index (χ3n) is 7.71. The van der Waals surface area contributed by atoms with Gasteiger partial charge in [0.25, 0.3) is 0 Å². The van der Waals surface area contributed by atoms with Gasteiger partial charge in [0.15, 0.2) is 11.5 Å². The number of para-hydroxylation sites is 2. The third kappa shape index (κ3) is 9.24. The quantitative estimate of drug-likeness (QED) is 0.140. The van der Waals surface area contributed by atoms with Crippen LogP contribution < -0.4 is 19.5 Å². The fourth-order valence-corrected chi connectivity index (χ4v) is 5.23. The number of carbonyl (C=O) groups excluding carboxylic acids is 1. The van der Waals surface area contributed by atoms with E-state index < -0.39 is 0 Å². The highest BCUT2D eigenvalue weighted by atomic mass is 16.5. The molecule has 0 saturated heterocycles. The zero-order valence-corrected chi connectivity index (χ0v) is 26.4. The van der Waals surface area contributed by atoms with Gasteiger partial charge < -0.3 is 24.1 Å². The molecule has 3 aromatic carbocycles. The van der Waals surface area contributed by atoms with Crippen molar-refractivity contribution < 1.29 is 19.0 Å². The molecule has 230 valence electrons. The van der Waals surface area contributed by atoms with Crippen LogP contribution in [0.25, 0.3) is 11.0 Å². The number of hydrogen-bond donors (Lipinski definition) is 1. The molecule has 0 fully saturated rings. The van der Waals surface area contributed by atoms with E-state index in [2.05, 4.69) is 73.1 Å². The number of carbonyl (C=O) groups is 1. The summed E-state index contributed by atoms with van der Waals surface area (Å²) in [6.45, 7) is 8.97. The molecular formula is C36H47N3O4. The zero-order valence-electron chi connectivity index (χ0n) is 26.4. The van der Waals surface area contributed by atoms with E-state index in [0.29, 0.717) is 31.1 Å². The van der Waals surface area contributed by atoms with Gasteiger partial charge in [0, 0.05) is 19.5 Å². The van der Waals surface area contributed by atoms with Crippen molar-refractivity contribution in [1.29, 1.82) is 0 Å². The minimum atomic E-state index is 0.0138. The summed E-state index contributed by atoms with van der Waals surface area (Å²) in [6.07, 6.45) is 6.25. The Morgan fingerprint density at radius 3 is 2.37 bits per heavy atom. The Morgan fingerprint density at radius 1 is 0.860 bits per heavy atom. The number of hydrogen-bond acceptors (Lipinski definition) is 5. The molecule has 1 amide bonds. The van der Waals surface area contributed by atoms with Gasteiger partial charge in [0.2, 0.25) is 5.91 Å². The maximum Gasteiger partial charge on any atom is 0.224 e. The lowest BCUT2D eigenvalue weighted by molar-refractivity contribution is -0.120. The molecule has 0 spiro atoms. The first-order chi connectivity index (χ1) is 20.8. The van der Waals surface area contributed by atoms with Crippen LogP contribution in [0.3, 0.4) is 0 Å². The lowest BCUT2D eigenvalue weighted by atomic mass is 9.87. The number of fused-ring (bicyclic) bond motifs is 1. The second-order valence-corrected chi connectivity index (χ2v) is 12.0. The van der Waals surface area contributed by atoms with Gasteiger partial charge in [0.1, 0.15) is 11.6 Å². The predicted octanol–water partition coefficient (Wildman–Crippen LogP) is 7.28. The van der Waals surface area contributed by atoms with E-state index in [0.717, 1.165) is 67.7 Å². The van der Waals surface area contributed by atoms with Crippen LogP contribution in [-0.2, 0) is 29.6 Å². The van der Waals surface area contributed by atoms with Crippen LogP contribution in [0.5, 0.6) is 17.2 Å². The number of aryl methyl sites for hydroxylation is 2. The van der Waals surface area contributed by atoms with Crippen LogP contribution in [0.1, 0.15) is 69.8 Å². The summed E-state index contributed by atoms with van der Waals surface area (Å²) in [7, 11) is 3.20. The zero-order chi connectivity index (χ0) is 30.7. The summed E-state index contributed by atoms with van der Waals surface area (Å²) in [6, 6.07) is 22.4. The molecule has 0 unspecified atom stereocenters. The number of imidazole rings is 1. The van der Waals surface area contributed by atoms with Gasteiger partial charge in [-0.05, 0) is 78.6 Å². The van der Waals surface area contributed by atoms with Crippen molar-refractivity contribution in [3.8, 4) is 17.2 Å². The molecule has 0 aliphatic rings. The van der Waals surface area contributed by atoms with E-state index in [1.807, 2.05) is 24.3 Å². The lowest BCUT2D eigenvalue weighted by Crippen LogP contribution is -2.26. The lowest BCUT2D eigenvalue weighted by Gasteiger charge is -2.19. The Labute approximate surface area is 256 Å². The maximum atomic E-state index is 12.4. The molecule has 4 aromatic rings. The highest BCUT2D eigenvalue weighted by molar-refractivity contribution is 5.78. The number of methoxy groups -OCH3 is 2. The number of nitrogens with one attached hydrogen (secondary N) is 1. The summed E-state index contributed by atoms with van der Waals surface area (Å²) in [4.78, 5) is 17.4. The van der Waals surface area contributed by atoms with Gasteiger partial charge in [-0.1, -0.05) is 57.5 Å². The predicted molar refractivity (Wildman–Crippen MR) is 173 cm³/mol. The Kier molecular flexibility index (Phi) is 11.5. The van der Waals surface area contributed by atoms with Gasteiger partial charge in [-0.3, -0.25) is 4.79 Å². The Balaban J connectivity index is 1.18. The average Bonchev–Trinajstić information content (AvgIpc) is 3.35. The monoisotopic (exact) mass is 585 g/mol. The minimum Gasteiger partial charge on any atom is -0.494 e. The molecule has 0 aliphatic heterocycles. The molecule has 7 heteroatoms. The molecule has 7 nitrogen and oxygen atoms in total. The smallest absolute Gasteiger partial charge is 0.224 e. The van der Waals surface area contributed by atoms with Crippen LogP contribution in [0, 0.1) is 0 Å². The number of rotatable bonds is 16. The molecule has 0 bridgehead atoms. The van der Waals surface area contributed by atoms with Gasteiger partial charge in [-0.15, -0.1) is 0 Å². The molecule has 1 heterocycles. The van der Waals surface area contributed by atoms with Gasteiger partial charge >= 0.3 is 0 Å². The topological polar surface area (TPSA) is 74.6 Å². The highest BCUT2D eigenvalue weighted by Crippen LogP contribution is 2.28. The van der Waals surface area contributed by atoms with Gasteiger partial charge in [0.05, 0.1) is 38.3 Å². The standard InChI is InChI=1S/C36H47N3O4/c1-36(2,3)28-17-19-29(20-18-28)43-24-12-11-23-39-31-14-9-8-13-30(31)38-34(39)15-7-6-10-22-37-35(40)26-27-16-21-32(41-4)33(25-27)42-5/h8-9,13-14,16-21,25H,6-7,10-12,15,22-24,26H2,1-5H3,(H,37,40). The molecule has 0 aliphatic carbocycles. The van der Waals surface area contributed by atoms with E-state index in [4.69, 9.17) is 19.2 Å². The number of aromatic nitrogens is 2. The van der Waals surface area contributed by atoms with Crippen molar-refractivity contribution in [2.24, 2.45) is 0 Å². The van der Waals surface area contributed by atoms with Crippen molar-refractivity contribution in [1.82, 2.24) is 14.9 Å². The first-order valence-corrected chi connectivity index (χ1v) is 15.4. The van der Waals surface area contributed by atoms with E-state index in [1.165, 1.54) is 11.1 Å². The fourth-order valence-electron chi connectivity index (χ4n) is 5.23. The van der Waals surface area contributed by atoms with Gasteiger partial charge in [-0.25, -0.2) is 4.98 Å². The normalized spacial score (nSPS) is 11.5. The largest absolute Gasteiger partial charge is 0.494 e. The summed E-state index contributed by atoms with van der Waals surface area (Å²) >= 11 is 0. The van der Waals surface area contributed by atoms with Crippen LogP contribution in [0.15, 0.2) is 66.7 Å². The number of nitrogens with zero attached hydrogens (tertiary/aromatic N) is 2. The first-order valence-electron chi connectivity index (χ1n) is 15.4. The Hall–Kier alpha value is -4.00. The second-order valence-electron chi connectivity index (χ2n) is 12.0. The van der Waals surface area contributed by atoms with Crippen LogP contribution >= 0.6 is 0 Å². The molecule has 4 rings (SSSR count). The Bertz CT molecular complexity index is 1450. The minimum absolute atomic E-state index is 0.0138. The van der Waals surface area contributed by atoms with E-state index in [1.54, 1.807) is 14.2 Å². The molecule has 1 N–H and O–H groups in total. The number of unbranched alkanes of at least 4 members (excludes halogenated alkanes) is 3. The summed E-state index contributed by atoms with van der Waals surface area (Å²) < 4.78 is 19.0. The first kappa shape index (κ1) is 31.9.